The number of amides is 1. The maximum Gasteiger partial charge on any atom is 0.273 e. The summed E-state index contributed by atoms with van der Waals surface area (Å²) in [6.07, 6.45) is 4.08. The Morgan fingerprint density at radius 2 is 1.80 bits per heavy atom. The van der Waals surface area contributed by atoms with Gasteiger partial charge in [0.1, 0.15) is 17.0 Å². The summed E-state index contributed by atoms with van der Waals surface area (Å²) in [5.74, 6) is -0.0241. The number of imidazole rings is 1. The molecule has 0 saturated carbocycles. The van der Waals surface area contributed by atoms with Crippen LogP contribution in [0.2, 0.25) is 0 Å². The summed E-state index contributed by atoms with van der Waals surface area (Å²) >= 11 is 3.57. The number of pyridine rings is 1. The third kappa shape index (κ3) is 3.64. The van der Waals surface area contributed by atoms with Crippen LogP contribution in [0.25, 0.3) is 16.9 Å². The summed E-state index contributed by atoms with van der Waals surface area (Å²) in [5, 5.41) is 7.27. The molecular weight excluding hydrogens is 444 g/mol. The highest BCUT2D eigenvalue weighted by Gasteiger charge is 2.26. The lowest BCUT2D eigenvalue weighted by Gasteiger charge is -2.34. The fraction of sp³-hybridized carbons (Fsp3) is 0.227. The van der Waals surface area contributed by atoms with Gasteiger partial charge in [-0.3, -0.25) is 14.8 Å². The van der Waals surface area contributed by atoms with Crippen molar-refractivity contribution >= 4 is 27.5 Å². The maximum atomic E-state index is 13.0. The third-order valence-corrected chi connectivity index (χ3v) is 6.20. The number of hydrogen-bond acceptors (Lipinski definition) is 4. The average Bonchev–Trinajstić information content (AvgIpc) is 3.37. The Morgan fingerprint density at radius 3 is 2.57 bits per heavy atom. The van der Waals surface area contributed by atoms with Crippen molar-refractivity contribution in [1.82, 2.24) is 29.4 Å². The van der Waals surface area contributed by atoms with E-state index >= 15 is 0 Å². The van der Waals surface area contributed by atoms with Crippen LogP contribution >= 0.6 is 15.9 Å². The van der Waals surface area contributed by atoms with Gasteiger partial charge in [-0.2, -0.15) is 5.10 Å². The van der Waals surface area contributed by atoms with Gasteiger partial charge in [-0.1, -0.05) is 36.4 Å². The summed E-state index contributed by atoms with van der Waals surface area (Å²) in [6.45, 7) is 3.78. The third-order valence-electron chi connectivity index (χ3n) is 5.43. The van der Waals surface area contributed by atoms with E-state index in [4.69, 9.17) is 0 Å². The molecule has 7 nitrogen and oxygen atoms in total. The SMILES string of the molecule is O=C(c1[nH]nc(-c2ccccc2)c1Br)N1CCN(Cc2cn3ccccc3n2)CC1. The number of carbonyl (C=O) groups excluding carboxylic acids is 1. The van der Waals surface area contributed by atoms with Crippen LogP contribution in [0.3, 0.4) is 0 Å². The van der Waals surface area contributed by atoms with E-state index < -0.39 is 0 Å². The van der Waals surface area contributed by atoms with E-state index in [1.165, 1.54) is 0 Å². The van der Waals surface area contributed by atoms with Crippen molar-refractivity contribution in [3.63, 3.8) is 0 Å². The number of aromatic amines is 1. The van der Waals surface area contributed by atoms with Crippen LogP contribution in [-0.4, -0.2) is 61.5 Å². The van der Waals surface area contributed by atoms with Crippen molar-refractivity contribution in [2.75, 3.05) is 26.2 Å². The summed E-state index contributed by atoms with van der Waals surface area (Å²) in [4.78, 5) is 21.9. The number of piperazine rings is 1. The molecular formula is C22H21BrN6O. The Labute approximate surface area is 182 Å². The van der Waals surface area contributed by atoms with Gasteiger partial charge in [0.15, 0.2) is 0 Å². The molecule has 1 aliphatic rings. The van der Waals surface area contributed by atoms with Crippen LogP contribution in [0.5, 0.6) is 0 Å². The molecule has 1 aromatic carbocycles. The molecule has 1 amide bonds. The van der Waals surface area contributed by atoms with Gasteiger partial charge in [0.25, 0.3) is 5.91 Å². The van der Waals surface area contributed by atoms with Crippen molar-refractivity contribution in [1.29, 1.82) is 0 Å². The summed E-state index contributed by atoms with van der Waals surface area (Å²) < 4.78 is 2.75. The molecule has 0 atom stereocenters. The summed E-state index contributed by atoms with van der Waals surface area (Å²) in [6, 6.07) is 15.8. The van der Waals surface area contributed by atoms with E-state index in [1.54, 1.807) is 0 Å². The van der Waals surface area contributed by atoms with Crippen molar-refractivity contribution in [3.05, 3.63) is 76.8 Å². The van der Waals surface area contributed by atoms with E-state index in [0.717, 1.165) is 42.2 Å². The van der Waals surface area contributed by atoms with Gasteiger partial charge in [-0.25, -0.2) is 4.98 Å². The van der Waals surface area contributed by atoms with Crippen LogP contribution in [0.1, 0.15) is 16.2 Å². The number of benzene rings is 1. The second-order valence-corrected chi connectivity index (χ2v) is 8.19. The highest BCUT2D eigenvalue weighted by molar-refractivity contribution is 9.10. The second-order valence-electron chi connectivity index (χ2n) is 7.39. The van der Waals surface area contributed by atoms with Gasteiger partial charge in [0, 0.05) is 50.7 Å². The molecule has 0 bridgehead atoms. The molecule has 1 fully saturated rings. The van der Waals surface area contributed by atoms with Gasteiger partial charge >= 0.3 is 0 Å². The summed E-state index contributed by atoms with van der Waals surface area (Å²) in [5.41, 5.74) is 4.23. The number of nitrogens with one attached hydrogen (secondary N) is 1. The molecule has 8 heteroatoms. The first-order valence-corrected chi connectivity index (χ1v) is 10.7. The number of fused-ring (bicyclic) bond motifs is 1. The molecule has 0 radical (unpaired) electrons. The molecule has 4 heterocycles. The molecule has 5 rings (SSSR count). The van der Waals surface area contributed by atoms with E-state index in [1.807, 2.05) is 64.0 Å². The smallest absolute Gasteiger partial charge is 0.273 e. The minimum atomic E-state index is -0.0241. The second kappa shape index (κ2) is 8.04. The Morgan fingerprint density at radius 1 is 1.03 bits per heavy atom. The standard InChI is InChI=1S/C22H21BrN6O/c23-19-20(16-6-2-1-3-7-16)25-26-21(19)22(30)28-12-10-27(11-13-28)14-17-15-29-9-5-4-8-18(29)24-17/h1-9,15H,10-14H2,(H,25,26). The molecule has 30 heavy (non-hydrogen) atoms. The van der Waals surface area contributed by atoms with E-state index in [0.29, 0.717) is 23.3 Å². The zero-order valence-corrected chi connectivity index (χ0v) is 17.9. The molecule has 1 N–H and O–H groups in total. The van der Waals surface area contributed by atoms with Crippen LogP contribution in [0.15, 0.2) is 65.4 Å². The number of carbonyl (C=O) groups is 1. The fourth-order valence-corrected chi connectivity index (χ4v) is 4.39. The molecule has 1 saturated heterocycles. The van der Waals surface area contributed by atoms with Crippen LogP contribution in [0.4, 0.5) is 0 Å². The number of H-pyrrole nitrogens is 1. The van der Waals surface area contributed by atoms with E-state index in [9.17, 15) is 4.79 Å². The maximum absolute atomic E-state index is 13.0. The van der Waals surface area contributed by atoms with Gasteiger partial charge in [0.05, 0.1) is 10.2 Å². The molecule has 1 aliphatic heterocycles. The lowest BCUT2D eigenvalue weighted by atomic mass is 10.1. The largest absolute Gasteiger partial charge is 0.335 e. The number of nitrogens with zero attached hydrogens (tertiary/aromatic N) is 5. The molecule has 0 spiro atoms. The number of hydrogen-bond donors (Lipinski definition) is 1. The predicted octanol–water partition coefficient (Wildman–Crippen LogP) is 3.44. The highest BCUT2D eigenvalue weighted by Crippen LogP contribution is 2.29. The highest BCUT2D eigenvalue weighted by atomic mass is 79.9. The average molecular weight is 465 g/mol. The predicted molar refractivity (Wildman–Crippen MR) is 118 cm³/mol. The van der Waals surface area contributed by atoms with Gasteiger partial charge < -0.3 is 9.30 Å². The molecule has 152 valence electrons. The molecule has 0 unspecified atom stereocenters. The molecule has 3 aromatic heterocycles. The van der Waals surface area contributed by atoms with Gasteiger partial charge in [-0.05, 0) is 28.1 Å². The molecule has 0 aliphatic carbocycles. The Balaban J connectivity index is 1.23. The normalized spacial score (nSPS) is 15.0. The Kier molecular flexibility index (Phi) is 5.10. The first-order valence-electron chi connectivity index (χ1n) is 9.92. The zero-order valence-electron chi connectivity index (χ0n) is 16.3. The van der Waals surface area contributed by atoms with Crippen molar-refractivity contribution < 1.29 is 4.79 Å². The van der Waals surface area contributed by atoms with Crippen LogP contribution in [-0.2, 0) is 6.54 Å². The number of aromatic nitrogens is 4. The lowest BCUT2D eigenvalue weighted by molar-refractivity contribution is 0.0620. The van der Waals surface area contributed by atoms with Gasteiger partial charge in [0.2, 0.25) is 0 Å². The van der Waals surface area contributed by atoms with Gasteiger partial charge in [-0.15, -0.1) is 0 Å². The zero-order chi connectivity index (χ0) is 20.5. The number of rotatable bonds is 4. The number of halogens is 1. The first kappa shape index (κ1) is 19.0. The van der Waals surface area contributed by atoms with Crippen molar-refractivity contribution in [2.45, 2.75) is 6.54 Å². The van der Waals surface area contributed by atoms with E-state index in [2.05, 4.69) is 42.2 Å². The van der Waals surface area contributed by atoms with E-state index in [-0.39, 0.29) is 5.91 Å². The topological polar surface area (TPSA) is 69.5 Å². The quantitative estimate of drug-likeness (QED) is 0.502. The summed E-state index contributed by atoms with van der Waals surface area (Å²) in [7, 11) is 0. The molecule has 4 aromatic rings. The Hall–Kier alpha value is -2.97. The first-order chi connectivity index (χ1) is 14.7. The van der Waals surface area contributed by atoms with Crippen molar-refractivity contribution in [2.24, 2.45) is 0 Å². The minimum Gasteiger partial charge on any atom is -0.335 e. The fourth-order valence-electron chi connectivity index (χ4n) is 3.82. The van der Waals surface area contributed by atoms with Crippen LogP contribution < -0.4 is 0 Å². The van der Waals surface area contributed by atoms with Crippen molar-refractivity contribution in [3.8, 4) is 11.3 Å². The Bertz CT molecular complexity index is 1140. The monoisotopic (exact) mass is 464 g/mol. The minimum absolute atomic E-state index is 0.0241. The lowest BCUT2D eigenvalue weighted by Crippen LogP contribution is -2.48. The van der Waals surface area contributed by atoms with Crippen LogP contribution in [0, 0.1) is 0 Å².